The molecule has 0 aliphatic rings. The second-order valence-electron chi connectivity index (χ2n) is 7.66. The summed E-state index contributed by atoms with van der Waals surface area (Å²) in [6.07, 6.45) is 0.721. The Balaban J connectivity index is 2.01. The Labute approximate surface area is 195 Å². The second kappa shape index (κ2) is 12.1. The maximum Gasteiger partial charge on any atom is 0.254 e. The van der Waals surface area contributed by atoms with Gasteiger partial charge in [-0.05, 0) is 38.5 Å². The molecule has 7 heteroatoms. The van der Waals surface area contributed by atoms with E-state index in [-0.39, 0.29) is 5.91 Å². The quantitative estimate of drug-likeness (QED) is 0.366. The molecule has 0 aliphatic carbocycles. The molecule has 0 bridgehead atoms. The highest BCUT2D eigenvalue weighted by molar-refractivity contribution is 5.94. The van der Waals surface area contributed by atoms with Crippen LogP contribution in [0.15, 0.2) is 59.1 Å². The van der Waals surface area contributed by atoms with E-state index in [0.29, 0.717) is 36.9 Å². The number of nitrogens with zero attached hydrogens (tertiary/aromatic N) is 3. The van der Waals surface area contributed by atoms with Gasteiger partial charge in [0.25, 0.3) is 5.91 Å². The van der Waals surface area contributed by atoms with Crippen LogP contribution in [0.4, 0.5) is 5.88 Å². The lowest BCUT2D eigenvalue weighted by Crippen LogP contribution is -2.33. The summed E-state index contributed by atoms with van der Waals surface area (Å²) in [7, 11) is 3.26. The molecule has 1 aromatic heterocycles. The zero-order valence-corrected chi connectivity index (χ0v) is 19.9. The van der Waals surface area contributed by atoms with Gasteiger partial charge in [-0.3, -0.25) is 4.79 Å². The number of anilines is 1. The van der Waals surface area contributed by atoms with Gasteiger partial charge in [0.15, 0.2) is 0 Å². The maximum atomic E-state index is 13.6. The van der Waals surface area contributed by atoms with E-state index < -0.39 is 0 Å². The molecule has 0 fully saturated rings. The highest BCUT2D eigenvalue weighted by Crippen LogP contribution is 2.33. The van der Waals surface area contributed by atoms with E-state index in [2.05, 4.69) is 23.9 Å². The molecule has 0 atom stereocenters. The van der Waals surface area contributed by atoms with Crippen molar-refractivity contribution < 1.29 is 18.8 Å². The third-order valence-electron chi connectivity index (χ3n) is 5.59. The molecule has 3 aromatic rings. The summed E-state index contributed by atoms with van der Waals surface area (Å²) in [6, 6.07) is 17.2. The number of amides is 1. The minimum atomic E-state index is -0.0734. The number of rotatable bonds is 12. The van der Waals surface area contributed by atoms with Crippen molar-refractivity contribution in [1.29, 1.82) is 0 Å². The van der Waals surface area contributed by atoms with Gasteiger partial charge in [0, 0.05) is 44.5 Å². The molecule has 176 valence electrons. The van der Waals surface area contributed by atoms with Crippen LogP contribution in [0.3, 0.4) is 0 Å². The molecule has 7 nitrogen and oxygen atoms in total. The Hall–Kier alpha value is -3.32. The molecule has 1 heterocycles. The topological polar surface area (TPSA) is 68.0 Å². The van der Waals surface area contributed by atoms with Gasteiger partial charge in [0.05, 0.1) is 19.2 Å². The Bertz CT molecular complexity index is 1020. The molecule has 2 aromatic carbocycles. The van der Waals surface area contributed by atoms with Crippen molar-refractivity contribution in [2.24, 2.45) is 0 Å². The average Bonchev–Trinajstić information content (AvgIpc) is 3.27. The van der Waals surface area contributed by atoms with Crippen LogP contribution in [-0.2, 0) is 11.3 Å². The number of benzene rings is 2. The first-order chi connectivity index (χ1) is 16.1. The summed E-state index contributed by atoms with van der Waals surface area (Å²) in [5, 5.41) is 4.41. The molecule has 1 amide bonds. The van der Waals surface area contributed by atoms with Crippen LogP contribution in [0.1, 0.15) is 36.2 Å². The highest BCUT2D eigenvalue weighted by Gasteiger charge is 2.26. The Morgan fingerprint density at radius 1 is 1.03 bits per heavy atom. The van der Waals surface area contributed by atoms with Crippen molar-refractivity contribution in [3.63, 3.8) is 0 Å². The van der Waals surface area contributed by atoms with Crippen LogP contribution in [-0.4, -0.2) is 56.4 Å². The molecule has 0 N–H and O–H groups in total. The summed E-state index contributed by atoms with van der Waals surface area (Å²) < 4.78 is 16.4. The SMILES string of the molecule is CCN(CC)c1onc(-c2ccccc2)c1CN(CCCOC)C(=O)c1cccc(OC)c1. The van der Waals surface area contributed by atoms with Gasteiger partial charge in [-0.2, -0.15) is 0 Å². The van der Waals surface area contributed by atoms with E-state index in [0.717, 1.165) is 36.3 Å². The Morgan fingerprint density at radius 2 is 1.79 bits per heavy atom. The summed E-state index contributed by atoms with van der Waals surface area (Å²) in [6.45, 7) is 7.20. The molecule has 0 radical (unpaired) electrons. The molecule has 0 aliphatic heterocycles. The zero-order chi connectivity index (χ0) is 23.6. The lowest BCUT2D eigenvalue weighted by molar-refractivity contribution is 0.0723. The van der Waals surface area contributed by atoms with E-state index in [1.807, 2.05) is 53.4 Å². The summed E-state index contributed by atoms with van der Waals surface area (Å²) in [4.78, 5) is 17.5. The van der Waals surface area contributed by atoms with Crippen molar-refractivity contribution in [3.8, 4) is 17.0 Å². The first-order valence-corrected chi connectivity index (χ1v) is 11.3. The minimum absolute atomic E-state index is 0.0734. The fourth-order valence-electron chi connectivity index (χ4n) is 3.81. The van der Waals surface area contributed by atoms with Gasteiger partial charge in [0.1, 0.15) is 11.4 Å². The van der Waals surface area contributed by atoms with Crippen molar-refractivity contribution in [1.82, 2.24) is 10.1 Å². The minimum Gasteiger partial charge on any atom is -0.497 e. The molecule has 33 heavy (non-hydrogen) atoms. The van der Waals surface area contributed by atoms with E-state index in [9.17, 15) is 4.79 Å². The summed E-state index contributed by atoms with van der Waals surface area (Å²) in [5.41, 5.74) is 3.19. The van der Waals surface area contributed by atoms with Crippen LogP contribution in [0.25, 0.3) is 11.3 Å². The predicted molar refractivity (Wildman–Crippen MR) is 130 cm³/mol. The normalized spacial score (nSPS) is 10.8. The predicted octanol–water partition coefficient (Wildman–Crippen LogP) is 4.88. The van der Waals surface area contributed by atoms with Crippen LogP contribution in [0.5, 0.6) is 5.75 Å². The van der Waals surface area contributed by atoms with E-state index in [1.165, 1.54) is 0 Å². The van der Waals surface area contributed by atoms with E-state index >= 15 is 0 Å². The number of aromatic nitrogens is 1. The highest BCUT2D eigenvalue weighted by atomic mass is 16.5. The molecular weight excluding hydrogens is 418 g/mol. The molecular formula is C26H33N3O4. The van der Waals surface area contributed by atoms with Crippen LogP contribution in [0.2, 0.25) is 0 Å². The van der Waals surface area contributed by atoms with Crippen LogP contribution in [0, 0.1) is 0 Å². The largest absolute Gasteiger partial charge is 0.497 e. The van der Waals surface area contributed by atoms with Crippen molar-refractivity contribution in [2.75, 3.05) is 45.4 Å². The number of methoxy groups -OCH3 is 2. The van der Waals surface area contributed by atoms with Crippen molar-refractivity contribution in [3.05, 3.63) is 65.7 Å². The smallest absolute Gasteiger partial charge is 0.254 e. The average molecular weight is 452 g/mol. The standard InChI is InChI=1S/C26H33N3O4/c1-5-28(6-2)26-23(24(27-33-26)20-12-8-7-9-13-20)19-29(16-11-17-31-3)25(30)21-14-10-15-22(18-21)32-4/h7-10,12-15,18H,5-6,11,16-17,19H2,1-4H3. The number of hydrogen-bond acceptors (Lipinski definition) is 6. The lowest BCUT2D eigenvalue weighted by Gasteiger charge is -2.25. The second-order valence-corrected chi connectivity index (χ2v) is 7.66. The van der Waals surface area contributed by atoms with Gasteiger partial charge in [0.2, 0.25) is 5.88 Å². The Kier molecular flexibility index (Phi) is 8.89. The van der Waals surface area contributed by atoms with Gasteiger partial charge >= 0.3 is 0 Å². The molecule has 3 rings (SSSR count). The summed E-state index contributed by atoms with van der Waals surface area (Å²) >= 11 is 0. The Morgan fingerprint density at radius 3 is 2.45 bits per heavy atom. The zero-order valence-electron chi connectivity index (χ0n) is 19.9. The number of ether oxygens (including phenoxy) is 2. The van der Waals surface area contributed by atoms with E-state index in [1.54, 1.807) is 20.3 Å². The van der Waals surface area contributed by atoms with Crippen molar-refractivity contribution >= 4 is 11.8 Å². The number of hydrogen-bond donors (Lipinski definition) is 0. The van der Waals surface area contributed by atoms with Gasteiger partial charge in [-0.25, -0.2) is 0 Å². The molecule has 0 saturated carbocycles. The van der Waals surface area contributed by atoms with Gasteiger partial charge in [-0.1, -0.05) is 41.6 Å². The first-order valence-electron chi connectivity index (χ1n) is 11.3. The fraction of sp³-hybridized carbons (Fsp3) is 0.385. The number of carbonyl (C=O) groups is 1. The maximum absolute atomic E-state index is 13.6. The molecule has 0 spiro atoms. The van der Waals surface area contributed by atoms with Crippen LogP contribution >= 0.6 is 0 Å². The fourth-order valence-corrected chi connectivity index (χ4v) is 3.81. The monoisotopic (exact) mass is 451 g/mol. The summed E-state index contributed by atoms with van der Waals surface area (Å²) in [5.74, 6) is 1.28. The third-order valence-corrected chi connectivity index (χ3v) is 5.59. The lowest BCUT2D eigenvalue weighted by atomic mass is 10.1. The van der Waals surface area contributed by atoms with E-state index in [4.69, 9.17) is 14.0 Å². The molecule has 0 unspecified atom stereocenters. The molecule has 0 saturated heterocycles. The third kappa shape index (κ3) is 5.93. The first kappa shape index (κ1) is 24.3. The van der Waals surface area contributed by atoms with Gasteiger partial charge in [-0.15, -0.1) is 0 Å². The number of carbonyl (C=O) groups excluding carboxylic acids is 1. The van der Waals surface area contributed by atoms with Crippen molar-refractivity contribution in [2.45, 2.75) is 26.8 Å². The van der Waals surface area contributed by atoms with Gasteiger partial charge < -0.3 is 23.8 Å². The van der Waals surface area contributed by atoms with Crippen LogP contribution < -0.4 is 9.64 Å².